The van der Waals surface area contributed by atoms with Gasteiger partial charge in [0, 0.05) is 19.3 Å². The third-order valence-corrected chi connectivity index (χ3v) is 12.9. The molecular formula is C74H116O6. The Balaban J connectivity index is 4.56. The lowest BCUT2D eigenvalue weighted by Gasteiger charge is -2.18. The van der Waals surface area contributed by atoms with Crippen LogP contribution in [0.25, 0.3) is 0 Å². The highest BCUT2D eigenvalue weighted by atomic mass is 16.6. The van der Waals surface area contributed by atoms with Gasteiger partial charge in [0.25, 0.3) is 0 Å². The smallest absolute Gasteiger partial charge is 0.306 e. The minimum Gasteiger partial charge on any atom is -0.462 e. The van der Waals surface area contributed by atoms with Crippen LogP contribution in [-0.2, 0) is 28.6 Å². The summed E-state index contributed by atoms with van der Waals surface area (Å²) in [6.07, 6.45) is 97.8. The molecule has 80 heavy (non-hydrogen) atoms. The molecule has 1 unspecified atom stereocenters. The molecule has 0 fully saturated rings. The maximum absolute atomic E-state index is 12.9. The Bertz CT molecular complexity index is 1840. The standard InChI is InChI=1S/C74H116O6/c1-4-7-10-13-16-19-22-25-28-31-33-35-37-39-41-43-46-49-52-55-58-61-64-67-73(76)79-70-71(69-78-72(75)66-63-60-57-54-51-48-45-30-27-24-21-18-15-12-9-6-3)80-74(77)68-65-62-59-56-53-50-47-44-42-40-38-36-34-32-29-26-23-20-17-14-11-8-5-2/h7-8,10-11,16-17,19-21,24-26,28-30,33-36,39-42,45-46,49,55,58,71H,4-6,9,12-15,18,22-23,27,31-32,37-38,43-44,47-48,50-54,56-57,59-70H2,1-3H3/b10-7-,11-8-,19-16-,20-17-,24-21-,28-25-,29-26-,35-33-,36-34-,41-39-,42-40-,45-30-,49-46-,58-55-. The highest BCUT2D eigenvalue weighted by Gasteiger charge is 2.19. The molecule has 0 aromatic rings. The number of ether oxygens (including phenoxy) is 3. The Hall–Kier alpha value is -5.23. The van der Waals surface area contributed by atoms with Crippen molar-refractivity contribution in [2.24, 2.45) is 0 Å². The fraction of sp³-hybridized carbons (Fsp3) is 0.581. The van der Waals surface area contributed by atoms with Gasteiger partial charge in [-0.05, 0) is 148 Å². The first-order chi connectivity index (χ1) is 39.5. The summed E-state index contributed by atoms with van der Waals surface area (Å²) in [5, 5.41) is 0. The van der Waals surface area contributed by atoms with Gasteiger partial charge >= 0.3 is 17.9 Å². The Morgan fingerprint density at radius 1 is 0.263 bits per heavy atom. The van der Waals surface area contributed by atoms with Gasteiger partial charge in [-0.25, -0.2) is 0 Å². The lowest BCUT2D eigenvalue weighted by molar-refractivity contribution is -0.167. The number of hydrogen-bond donors (Lipinski definition) is 0. The summed E-state index contributed by atoms with van der Waals surface area (Å²) < 4.78 is 16.9. The zero-order valence-corrected chi connectivity index (χ0v) is 51.3. The molecule has 0 aliphatic carbocycles. The molecule has 0 radical (unpaired) electrons. The number of hydrogen-bond acceptors (Lipinski definition) is 6. The van der Waals surface area contributed by atoms with Crippen molar-refractivity contribution < 1.29 is 28.6 Å². The van der Waals surface area contributed by atoms with Crippen molar-refractivity contribution in [3.63, 3.8) is 0 Å². The summed E-state index contributed by atoms with van der Waals surface area (Å²) >= 11 is 0. The average Bonchev–Trinajstić information content (AvgIpc) is 3.46. The molecule has 1 atom stereocenters. The minimum absolute atomic E-state index is 0.116. The quantitative estimate of drug-likeness (QED) is 0.0261. The number of unbranched alkanes of at least 4 members (excludes halogenated alkanes) is 17. The van der Waals surface area contributed by atoms with Crippen molar-refractivity contribution in [2.75, 3.05) is 13.2 Å². The van der Waals surface area contributed by atoms with E-state index >= 15 is 0 Å². The number of esters is 3. The second-order valence-electron chi connectivity index (χ2n) is 20.5. The molecule has 0 aliphatic rings. The van der Waals surface area contributed by atoms with Gasteiger partial charge in [-0.2, -0.15) is 0 Å². The van der Waals surface area contributed by atoms with Gasteiger partial charge in [-0.15, -0.1) is 0 Å². The van der Waals surface area contributed by atoms with E-state index in [0.717, 1.165) is 161 Å². The molecule has 0 N–H and O–H groups in total. The van der Waals surface area contributed by atoms with Crippen molar-refractivity contribution in [3.8, 4) is 0 Å². The predicted molar refractivity (Wildman–Crippen MR) is 348 cm³/mol. The molecule has 0 aliphatic heterocycles. The molecule has 0 aromatic carbocycles. The maximum Gasteiger partial charge on any atom is 0.306 e. The SMILES string of the molecule is CC/C=C\C/C=C\C/C=C\C/C=C\C/C=C\C/C=C\C/C=C\CCCC(=O)OCC(COC(=O)CCCCCCC/C=C\C/C=C\CCCCCC)OC(=O)CCCCCCCCC/C=C\C/C=C\C/C=C\C/C=C\C/C=C\CC. The Morgan fingerprint density at radius 3 is 0.812 bits per heavy atom. The lowest BCUT2D eigenvalue weighted by Crippen LogP contribution is -2.30. The van der Waals surface area contributed by atoms with Crippen molar-refractivity contribution in [1.82, 2.24) is 0 Å². The van der Waals surface area contributed by atoms with Crippen LogP contribution in [0.15, 0.2) is 170 Å². The summed E-state index contributed by atoms with van der Waals surface area (Å²) in [6, 6.07) is 0. The van der Waals surface area contributed by atoms with Gasteiger partial charge in [0.15, 0.2) is 6.10 Å². The van der Waals surface area contributed by atoms with Crippen molar-refractivity contribution in [2.45, 2.75) is 264 Å². The number of allylic oxidation sites excluding steroid dienone is 28. The van der Waals surface area contributed by atoms with Gasteiger partial charge in [0.2, 0.25) is 0 Å². The first-order valence-corrected chi connectivity index (χ1v) is 32.1. The van der Waals surface area contributed by atoms with E-state index in [1.54, 1.807) is 0 Å². The minimum atomic E-state index is -0.825. The molecular weight excluding hydrogens is 985 g/mol. The molecule has 6 heteroatoms. The largest absolute Gasteiger partial charge is 0.462 e. The molecule has 0 aromatic heterocycles. The van der Waals surface area contributed by atoms with E-state index in [0.29, 0.717) is 19.3 Å². The number of carbonyl (C=O) groups excluding carboxylic acids is 3. The van der Waals surface area contributed by atoms with E-state index in [9.17, 15) is 14.4 Å². The Morgan fingerprint density at radius 2 is 0.500 bits per heavy atom. The molecule has 6 nitrogen and oxygen atoms in total. The molecule has 0 saturated carbocycles. The first-order valence-electron chi connectivity index (χ1n) is 32.1. The van der Waals surface area contributed by atoms with Crippen LogP contribution >= 0.6 is 0 Å². The van der Waals surface area contributed by atoms with E-state index in [1.165, 1.54) is 51.4 Å². The monoisotopic (exact) mass is 1100 g/mol. The van der Waals surface area contributed by atoms with Crippen LogP contribution in [0.5, 0.6) is 0 Å². The maximum atomic E-state index is 12.9. The van der Waals surface area contributed by atoms with E-state index in [-0.39, 0.29) is 37.5 Å². The molecule has 0 saturated heterocycles. The highest BCUT2D eigenvalue weighted by Crippen LogP contribution is 2.14. The molecule has 448 valence electrons. The fourth-order valence-electron chi connectivity index (χ4n) is 8.19. The topological polar surface area (TPSA) is 78.9 Å². The molecule has 0 spiro atoms. The third-order valence-electron chi connectivity index (χ3n) is 12.9. The predicted octanol–water partition coefficient (Wildman–Crippen LogP) is 22.3. The number of rotatable bonds is 56. The third kappa shape index (κ3) is 63.6. The van der Waals surface area contributed by atoms with Crippen LogP contribution in [0.4, 0.5) is 0 Å². The molecule has 0 heterocycles. The van der Waals surface area contributed by atoms with Crippen molar-refractivity contribution in [3.05, 3.63) is 170 Å². The van der Waals surface area contributed by atoms with Gasteiger partial charge in [0.1, 0.15) is 13.2 Å². The summed E-state index contributed by atoms with van der Waals surface area (Å²) in [5.41, 5.74) is 0. The Labute approximate surface area is 492 Å². The van der Waals surface area contributed by atoms with Crippen LogP contribution in [0.2, 0.25) is 0 Å². The second kappa shape index (κ2) is 66.3. The molecule has 0 amide bonds. The van der Waals surface area contributed by atoms with Crippen LogP contribution < -0.4 is 0 Å². The molecule has 0 bridgehead atoms. The zero-order valence-electron chi connectivity index (χ0n) is 51.3. The summed E-state index contributed by atoms with van der Waals surface area (Å²) in [7, 11) is 0. The van der Waals surface area contributed by atoms with Gasteiger partial charge in [0.05, 0.1) is 0 Å². The van der Waals surface area contributed by atoms with E-state index in [4.69, 9.17) is 14.2 Å². The average molecular weight is 1100 g/mol. The van der Waals surface area contributed by atoms with Gasteiger partial charge in [-0.1, -0.05) is 262 Å². The second-order valence-corrected chi connectivity index (χ2v) is 20.5. The van der Waals surface area contributed by atoms with E-state index in [2.05, 4.69) is 191 Å². The fourth-order valence-corrected chi connectivity index (χ4v) is 8.19. The number of carbonyl (C=O) groups is 3. The van der Waals surface area contributed by atoms with Crippen LogP contribution in [0.1, 0.15) is 258 Å². The van der Waals surface area contributed by atoms with Gasteiger partial charge < -0.3 is 14.2 Å². The van der Waals surface area contributed by atoms with E-state index < -0.39 is 6.10 Å². The van der Waals surface area contributed by atoms with E-state index in [1.807, 2.05) is 0 Å². The van der Waals surface area contributed by atoms with Crippen molar-refractivity contribution in [1.29, 1.82) is 0 Å². The van der Waals surface area contributed by atoms with Crippen LogP contribution in [-0.4, -0.2) is 37.2 Å². The summed E-state index contributed by atoms with van der Waals surface area (Å²) in [6.45, 7) is 6.32. The van der Waals surface area contributed by atoms with Gasteiger partial charge in [-0.3, -0.25) is 14.4 Å². The lowest BCUT2D eigenvalue weighted by atomic mass is 10.1. The van der Waals surface area contributed by atoms with Crippen LogP contribution in [0.3, 0.4) is 0 Å². The Kier molecular flexibility index (Phi) is 61.9. The van der Waals surface area contributed by atoms with Crippen LogP contribution in [0, 0.1) is 0 Å². The molecule has 0 rings (SSSR count). The zero-order chi connectivity index (χ0) is 57.8. The normalized spacial score (nSPS) is 13.3. The summed E-state index contributed by atoms with van der Waals surface area (Å²) in [5.74, 6) is -1.01. The first kappa shape index (κ1) is 74.8. The summed E-state index contributed by atoms with van der Waals surface area (Å²) in [4.78, 5) is 38.3. The highest BCUT2D eigenvalue weighted by molar-refractivity contribution is 5.71. The van der Waals surface area contributed by atoms with Crippen molar-refractivity contribution >= 4 is 17.9 Å².